The molecular weight excluding hydrogens is 234 g/mol. The van der Waals surface area contributed by atoms with Gasteiger partial charge >= 0.3 is 0 Å². The van der Waals surface area contributed by atoms with Gasteiger partial charge in [0.15, 0.2) is 0 Å². The molecule has 0 aliphatic heterocycles. The summed E-state index contributed by atoms with van der Waals surface area (Å²) in [7, 11) is 2.07. The molecule has 102 valence electrons. The molecule has 19 heavy (non-hydrogen) atoms. The van der Waals surface area contributed by atoms with Crippen molar-refractivity contribution in [1.82, 2.24) is 5.32 Å². The average Bonchev–Trinajstić information content (AvgIpc) is 2.76. The lowest BCUT2D eigenvalue weighted by atomic mass is 9.79. The summed E-state index contributed by atoms with van der Waals surface area (Å²) in [5.41, 5.74) is 2.43. The van der Waals surface area contributed by atoms with Crippen LogP contribution in [-0.2, 0) is 6.42 Å². The summed E-state index contributed by atoms with van der Waals surface area (Å²) in [6.45, 7) is 2.18. The largest absolute Gasteiger partial charge is 0.461 e. The summed E-state index contributed by atoms with van der Waals surface area (Å²) in [5.74, 6) is 2.05. The average molecular weight is 257 g/mol. The number of nitrogens with one attached hydrogen (secondary N) is 1. The van der Waals surface area contributed by atoms with Crippen LogP contribution in [0.15, 0.2) is 28.7 Å². The van der Waals surface area contributed by atoms with Crippen LogP contribution in [0.5, 0.6) is 0 Å². The molecule has 0 radical (unpaired) electrons. The first kappa shape index (κ1) is 12.7. The van der Waals surface area contributed by atoms with Crippen molar-refractivity contribution in [2.24, 2.45) is 5.92 Å². The second-order valence-corrected chi connectivity index (χ2v) is 5.66. The molecule has 1 aromatic heterocycles. The number of benzene rings is 1. The van der Waals surface area contributed by atoms with E-state index in [-0.39, 0.29) is 0 Å². The van der Waals surface area contributed by atoms with Crippen molar-refractivity contribution in [3.05, 3.63) is 35.6 Å². The van der Waals surface area contributed by atoms with Gasteiger partial charge in [-0.3, -0.25) is 0 Å². The third kappa shape index (κ3) is 2.30. The third-order valence-corrected chi connectivity index (χ3v) is 4.52. The van der Waals surface area contributed by atoms with Gasteiger partial charge in [0, 0.05) is 23.4 Å². The van der Waals surface area contributed by atoms with Crippen LogP contribution in [-0.4, -0.2) is 7.05 Å². The second kappa shape index (κ2) is 5.38. The smallest absolute Gasteiger partial charge is 0.134 e. The molecule has 2 nitrogen and oxygen atoms in total. The predicted octanol–water partition coefficient (Wildman–Crippen LogP) is 4.45. The van der Waals surface area contributed by atoms with Crippen LogP contribution in [0.25, 0.3) is 11.0 Å². The maximum atomic E-state index is 6.02. The van der Waals surface area contributed by atoms with E-state index in [1.165, 1.54) is 36.6 Å². The molecular formula is C17H23NO. The Labute approximate surface area is 115 Å². The van der Waals surface area contributed by atoms with Gasteiger partial charge in [0.25, 0.3) is 0 Å². The molecule has 1 unspecified atom stereocenters. The molecule has 0 bridgehead atoms. The van der Waals surface area contributed by atoms with Crippen LogP contribution in [0, 0.1) is 5.92 Å². The third-order valence-electron chi connectivity index (χ3n) is 4.52. The minimum Gasteiger partial charge on any atom is -0.461 e. The number of para-hydroxylation sites is 1. The van der Waals surface area contributed by atoms with E-state index >= 15 is 0 Å². The number of fused-ring (bicyclic) bond motifs is 1. The molecule has 0 saturated heterocycles. The quantitative estimate of drug-likeness (QED) is 0.856. The van der Waals surface area contributed by atoms with Gasteiger partial charge in [-0.2, -0.15) is 0 Å². The maximum absolute atomic E-state index is 6.02. The topological polar surface area (TPSA) is 25.2 Å². The summed E-state index contributed by atoms with van der Waals surface area (Å²) in [6, 6.07) is 8.86. The minimum atomic E-state index is 0.434. The maximum Gasteiger partial charge on any atom is 0.134 e. The molecule has 1 aliphatic rings. The second-order valence-electron chi connectivity index (χ2n) is 5.66. The fourth-order valence-electron chi connectivity index (χ4n) is 3.20. The molecule has 0 amide bonds. The Morgan fingerprint density at radius 1 is 1.32 bits per heavy atom. The van der Waals surface area contributed by atoms with Crippen LogP contribution < -0.4 is 5.32 Å². The first-order valence-corrected chi connectivity index (χ1v) is 7.51. The first-order chi connectivity index (χ1) is 9.33. The zero-order valence-corrected chi connectivity index (χ0v) is 11.9. The number of hydrogen-bond donors (Lipinski definition) is 1. The fourth-order valence-corrected chi connectivity index (χ4v) is 3.20. The van der Waals surface area contributed by atoms with Crippen LogP contribution in [0.4, 0.5) is 0 Å². The first-order valence-electron chi connectivity index (χ1n) is 7.51. The lowest BCUT2D eigenvalue weighted by Crippen LogP contribution is -2.23. The molecule has 1 atom stereocenters. The molecule has 1 heterocycles. The lowest BCUT2D eigenvalue weighted by molar-refractivity contribution is 0.265. The van der Waals surface area contributed by atoms with Gasteiger partial charge in [-0.05, 0) is 25.5 Å². The van der Waals surface area contributed by atoms with Crippen molar-refractivity contribution >= 4 is 11.0 Å². The Bertz CT molecular complexity index is 553. The Morgan fingerprint density at radius 2 is 2.11 bits per heavy atom. The highest BCUT2D eigenvalue weighted by atomic mass is 16.3. The van der Waals surface area contributed by atoms with Crippen molar-refractivity contribution < 1.29 is 4.42 Å². The molecule has 1 N–H and O–H groups in total. The van der Waals surface area contributed by atoms with Crippen molar-refractivity contribution in [1.29, 1.82) is 0 Å². The Kier molecular flexibility index (Phi) is 3.61. The SMILES string of the molecule is CCc1oc2ccccc2c1C(CC1CCC1)NC. The number of hydrogen-bond acceptors (Lipinski definition) is 2. The predicted molar refractivity (Wildman–Crippen MR) is 79.4 cm³/mol. The number of aryl methyl sites for hydroxylation is 1. The molecule has 3 rings (SSSR count). The van der Waals surface area contributed by atoms with Gasteiger partial charge in [-0.15, -0.1) is 0 Å². The zero-order valence-electron chi connectivity index (χ0n) is 11.9. The molecule has 0 spiro atoms. The van der Waals surface area contributed by atoms with Gasteiger partial charge in [0.2, 0.25) is 0 Å². The number of rotatable bonds is 5. The van der Waals surface area contributed by atoms with E-state index in [1.54, 1.807) is 0 Å². The molecule has 2 heteroatoms. The normalized spacial score (nSPS) is 17.6. The van der Waals surface area contributed by atoms with E-state index in [2.05, 4.69) is 43.6 Å². The van der Waals surface area contributed by atoms with Gasteiger partial charge < -0.3 is 9.73 Å². The fraction of sp³-hybridized carbons (Fsp3) is 0.529. The monoisotopic (exact) mass is 257 g/mol. The van der Waals surface area contributed by atoms with E-state index in [0.29, 0.717) is 6.04 Å². The van der Waals surface area contributed by atoms with E-state index in [4.69, 9.17) is 4.42 Å². The molecule has 2 aromatic rings. The van der Waals surface area contributed by atoms with Gasteiger partial charge in [-0.25, -0.2) is 0 Å². The summed E-state index contributed by atoms with van der Waals surface area (Å²) in [6.07, 6.45) is 6.42. The van der Waals surface area contributed by atoms with Crippen LogP contribution >= 0.6 is 0 Å². The molecule has 1 saturated carbocycles. The summed E-state index contributed by atoms with van der Waals surface area (Å²) in [4.78, 5) is 0. The minimum absolute atomic E-state index is 0.434. The standard InChI is InChI=1S/C17H23NO/c1-3-15-17(13-9-4-5-10-16(13)19-15)14(18-2)11-12-7-6-8-12/h4-5,9-10,12,14,18H,3,6-8,11H2,1-2H3. The lowest BCUT2D eigenvalue weighted by Gasteiger charge is -2.29. The zero-order chi connectivity index (χ0) is 13.2. The Morgan fingerprint density at radius 3 is 2.74 bits per heavy atom. The van der Waals surface area contributed by atoms with Crippen molar-refractivity contribution in [2.45, 2.75) is 45.1 Å². The molecule has 1 aliphatic carbocycles. The van der Waals surface area contributed by atoms with Crippen molar-refractivity contribution in [3.63, 3.8) is 0 Å². The Balaban J connectivity index is 1.99. The van der Waals surface area contributed by atoms with Gasteiger partial charge in [0.05, 0.1) is 0 Å². The highest BCUT2D eigenvalue weighted by Crippen LogP contribution is 2.39. The van der Waals surface area contributed by atoms with Crippen LogP contribution in [0.2, 0.25) is 0 Å². The van der Waals surface area contributed by atoms with E-state index in [1.807, 2.05) is 0 Å². The number of furan rings is 1. The summed E-state index contributed by atoms with van der Waals surface area (Å²) < 4.78 is 6.02. The summed E-state index contributed by atoms with van der Waals surface area (Å²) in [5, 5.41) is 4.80. The van der Waals surface area contributed by atoms with E-state index in [0.717, 1.165) is 23.7 Å². The Hall–Kier alpha value is -1.28. The molecule has 1 fully saturated rings. The van der Waals surface area contributed by atoms with Crippen molar-refractivity contribution in [2.75, 3.05) is 7.05 Å². The van der Waals surface area contributed by atoms with E-state index in [9.17, 15) is 0 Å². The van der Waals surface area contributed by atoms with Gasteiger partial charge in [0.1, 0.15) is 11.3 Å². The van der Waals surface area contributed by atoms with Crippen LogP contribution in [0.3, 0.4) is 0 Å². The highest BCUT2D eigenvalue weighted by molar-refractivity contribution is 5.82. The van der Waals surface area contributed by atoms with Crippen molar-refractivity contribution in [3.8, 4) is 0 Å². The van der Waals surface area contributed by atoms with E-state index < -0.39 is 0 Å². The highest BCUT2D eigenvalue weighted by Gasteiger charge is 2.26. The van der Waals surface area contributed by atoms with Crippen LogP contribution in [0.1, 0.15) is 50.0 Å². The molecule has 1 aromatic carbocycles. The summed E-state index contributed by atoms with van der Waals surface area (Å²) >= 11 is 0. The van der Waals surface area contributed by atoms with Gasteiger partial charge in [-0.1, -0.05) is 44.4 Å².